The highest BCUT2D eigenvalue weighted by Crippen LogP contribution is 2.29. The number of hydrogen-bond donors (Lipinski definition) is 1. The number of carbonyl (C=O) groups is 1. The van der Waals surface area contributed by atoms with E-state index in [0.29, 0.717) is 42.7 Å². The van der Waals surface area contributed by atoms with Gasteiger partial charge in [0, 0.05) is 24.3 Å². The first-order chi connectivity index (χ1) is 14.6. The smallest absolute Gasteiger partial charge is 0.321 e. The lowest BCUT2D eigenvalue weighted by molar-refractivity contribution is 0.187. The predicted octanol–water partition coefficient (Wildman–Crippen LogP) is 4.69. The second kappa shape index (κ2) is 8.94. The minimum Gasteiger partial charge on any atom is -0.494 e. The van der Waals surface area contributed by atoms with Crippen LogP contribution in [0.25, 0.3) is 11.5 Å². The van der Waals surface area contributed by atoms with Crippen molar-refractivity contribution in [1.82, 2.24) is 15.1 Å². The third kappa shape index (κ3) is 4.59. The Morgan fingerprint density at radius 1 is 1.20 bits per heavy atom. The van der Waals surface area contributed by atoms with E-state index in [1.807, 2.05) is 31.2 Å². The van der Waals surface area contributed by atoms with Crippen LogP contribution in [0.1, 0.15) is 31.6 Å². The van der Waals surface area contributed by atoms with Crippen molar-refractivity contribution in [1.29, 1.82) is 0 Å². The summed E-state index contributed by atoms with van der Waals surface area (Å²) in [5.74, 6) is 1.25. The summed E-state index contributed by atoms with van der Waals surface area (Å²) in [7, 11) is 0. The number of rotatable bonds is 5. The molecule has 7 nitrogen and oxygen atoms in total. The van der Waals surface area contributed by atoms with Gasteiger partial charge in [0.2, 0.25) is 11.8 Å². The van der Waals surface area contributed by atoms with E-state index in [-0.39, 0.29) is 17.8 Å². The average Bonchev–Trinajstić information content (AvgIpc) is 3.26. The van der Waals surface area contributed by atoms with Crippen molar-refractivity contribution in [2.75, 3.05) is 25.0 Å². The fourth-order valence-corrected chi connectivity index (χ4v) is 3.48. The van der Waals surface area contributed by atoms with Gasteiger partial charge >= 0.3 is 6.03 Å². The average molecular weight is 410 g/mol. The normalized spacial score (nSPS) is 16.3. The van der Waals surface area contributed by atoms with Crippen LogP contribution in [0, 0.1) is 5.82 Å². The maximum absolute atomic E-state index is 13.1. The van der Waals surface area contributed by atoms with Crippen LogP contribution in [0.15, 0.2) is 52.9 Å². The molecule has 8 heteroatoms. The lowest BCUT2D eigenvalue weighted by Gasteiger charge is -2.31. The quantitative estimate of drug-likeness (QED) is 0.660. The van der Waals surface area contributed by atoms with Crippen LogP contribution < -0.4 is 10.1 Å². The van der Waals surface area contributed by atoms with Gasteiger partial charge in [0.15, 0.2) is 0 Å². The molecule has 2 heterocycles. The Labute approximate surface area is 173 Å². The van der Waals surface area contributed by atoms with E-state index in [9.17, 15) is 9.18 Å². The number of piperidine rings is 1. The standard InChI is InChI=1S/C22H23FN4O3/c1-2-29-19-11-9-18(10-12-19)24-22(28)27-13-3-4-16(14-27)21-26-25-20(30-21)15-5-7-17(23)8-6-15/h5-12,16H,2-4,13-14H2,1H3,(H,24,28). The molecule has 2 aromatic carbocycles. The van der Waals surface area contributed by atoms with Crippen LogP contribution in [0.3, 0.4) is 0 Å². The molecule has 1 saturated heterocycles. The monoisotopic (exact) mass is 410 g/mol. The summed E-state index contributed by atoms with van der Waals surface area (Å²) in [4.78, 5) is 14.5. The first kappa shape index (κ1) is 19.9. The molecule has 0 aliphatic carbocycles. The van der Waals surface area contributed by atoms with Crippen molar-refractivity contribution >= 4 is 11.7 Å². The SMILES string of the molecule is CCOc1ccc(NC(=O)N2CCCC(c3nnc(-c4ccc(F)cc4)o3)C2)cc1. The number of aromatic nitrogens is 2. The molecule has 1 unspecified atom stereocenters. The molecule has 156 valence electrons. The zero-order valence-corrected chi connectivity index (χ0v) is 16.7. The number of likely N-dealkylation sites (tertiary alicyclic amines) is 1. The first-order valence-electron chi connectivity index (χ1n) is 10.0. The molecule has 1 aliphatic rings. The Morgan fingerprint density at radius 3 is 2.70 bits per heavy atom. The van der Waals surface area contributed by atoms with Crippen molar-refractivity contribution in [3.05, 3.63) is 60.2 Å². The number of anilines is 1. The molecule has 0 bridgehead atoms. The van der Waals surface area contributed by atoms with Crippen LogP contribution >= 0.6 is 0 Å². The highest BCUT2D eigenvalue weighted by atomic mass is 19.1. The van der Waals surface area contributed by atoms with Gasteiger partial charge in [-0.2, -0.15) is 0 Å². The summed E-state index contributed by atoms with van der Waals surface area (Å²) in [6, 6.07) is 13.0. The number of nitrogens with zero attached hydrogens (tertiary/aromatic N) is 3. The topological polar surface area (TPSA) is 80.5 Å². The number of urea groups is 1. The van der Waals surface area contributed by atoms with Crippen molar-refractivity contribution in [2.24, 2.45) is 0 Å². The number of hydrogen-bond acceptors (Lipinski definition) is 5. The van der Waals surface area contributed by atoms with Crippen molar-refractivity contribution in [2.45, 2.75) is 25.7 Å². The Hall–Kier alpha value is -3.42. The first-order valence-corrected chi connectivity index (χ1v) is 10.0. The largest absolute Gasteiger partial charge is 0.494 e. The zero-order chi connectivity index (χ0) is 20.9. The van der Waals surface area contributed by atoms with E-state index in [1.54, 1.807) is 17.0 Å². The Kier molecular flexibility index (Phi) is 5.92. The summed E-state index contributed by atoms with van der Waals surface area (Å²) >= 11 is 0. The predicted molar refractivity (Wildman–Crippen MR) is 110 cm³/mol. The molecule has 2 amide bonds. The number of benzene rings is 2. The third-order valence-electron chi connectivity index (χ3n) is 5.01. The van der Waals surface area contributed by atoms with Gasteiger partial charge in [-0.15, -0.1) is 10.2 Å². The maximum atomic E-state index is 13.1. The van der Waals surface area contributed by atoms with E-state index in [4.69, 9.17) is 9.15 Å². The lowest BCUT2D eigenvalue weighted by atomic mass is 9.98. The highest BCUT2D eigenvalue weighted by molar-refractivity contribution is 5.89. The molecule has 0 spiro atoms. The van der Waals surface area contributed by atoms with Crippen LogP contribution in [0.5, 0.6) is 5.75 Å². The molecule has 3 aromatic rings. The minimum atomic E-state index is -0.319. The van der Waals surface area contributed by atoms with E-state index < -0.39 is 0 Å². The molecule has 1 fully saturated rings. The third-order valence-corrected chi connectivity index (χ3v) is 5.01. The summed E-state index contributed by atoms with van der Waals surface area (Å²) in [6.45, 7) is 3.68. The zero-order valence-electron chi connectivity index (χ0n) is 16.7. The summed E-state index contributed by atoms with van der Waals surface area (Å²) in [5.41, 5.74) is 1.37. The Balaban J connectivity index is 1.39. The number of carbonyl (C=O) groups excluding carboxylic acids is 1. The number of amides is 2. The van der Waals surface area contributed by atoms with Crippen molar-refractivity contribution < 1.29 is 18.3 Å². The molecule has 1 aromatic heterocycles. The molecule has 4 rings (SSSR count). The summed E-state index contributed by atoms with van der Waals surface area (Å²) in [6.07, 6.45) is 1.70. The van der Waals surface area contributed by atoms with Crippen LogP contribution in [-0.2, 0) is 0 Å². The second-order valence-electron chi connectivity index (χ2n) is 7.13. The molecule has 30 heavy (non-hydrogen) atoms. The van der Waals surface area contributed by atoms with Crippen LogP contribution in [-0.4, -0.2) is 40.8 Å². The van der Waals surface area contributed by atoms with Crippen LogP contribution in [0.2, 0.25) is 0 Å². The van der Waals surface area contributed by atoms with Gasteiger partial charge in [-0.25, -0.2) is 9.18 Å². The molecule has 1 aliphatic heterocycles. The van der Waals surface area contributed by atoms with E-state index >= 15 is 0 Å². The van der Waals surface area contributed by atoms with Gasteiger partial charge in [-0.05, 0) is 68.3 Å². The lowest BCUT2D eigenvalue weighted by Crippen LogP contribution is -2.41. The summed E-state index contributed by atoms with van der Waals surface area (Å²) in [5, 5.41) is 11.2. The number of nitrogens with one attached hydrogen (secondary N) is 1. The molecule has 0 radical (unpaired) electrons. The molecule has 1 N–H and O–H groups in total. The van der Waals surface area contributed by atoms with Crippen LogP contribution in [0.4, 0.5) is 14.9 Å². The molecule has 1 atom stereocenters. The van der Waals surface area contributed by atoms with Gasteiger partial charge in [-0.1, -0.05) is 0 Å². The molecular formula is C22H23FN4O3. The maximum Gasteiger partial charge on any atom is 0.321 e. The second-order valence-corrected chi connectivity index (χ2v) is 7.13. The van der Waals surface area contributed by atoms with Crippen molar-refractivity contribution in [3.8, 4) is 17.2 Å². The fraction of sp³-hybridized carbons (Fsp3) is 0.318. The Morgan fingerprint density at radius 2 is 1.97 bits per heavy atom. The highest BCUT2D eigenvalue weighted by Gasteiger charge is 2.28. The fourth-order valence-electron chi connectivity index (χ4n) is 3.48. The van der Waals surface area contributed by atoms with Crippen molar-refractivity contribution in [3.63, 3.8) is 0 Å². The minimum absolute atomic E-state index is 0.0356. The number of ether oxygens (including phenoxy) is 1. The van der Waals surface area contributed by atoms with Gasteiger partial charge in [0.1, 0.15) is 11.6 Å². The van der Waals surface area contributed by atoms with E-state index in [1.165, 1.54) is 12.1 Å². The molecule has 0 saturated carbocycles. The van der Waals surface area contributed by atoms with E-state index in [2.05, 4.69) is 15.5 Å². The summed E-state index contributed by atoms with van der Waals surface area (Å²) < 4.78 is 24.3. The van der Waals surface area contributed by atoms with Gasteiger partial charge in [0.05, 0.1) is 12.5 Å². The van der Waals surface area contributed by atoms with Gasteiger partial charge < -0.3 is 19.4 Å². The van der Waals surface area contributed by atoms with Gasteiger partial charge in [-0.3, -0.25) is 0 Å². The molecular weight excluding hydrogens is 387 g/mol. The van der Waals surface area contributed by atoms with E-state index in [0.717, 1.165) is 18.6 Å². The Bertz CT molecular complexity index is 988. The number of halogens is 1. The van der Waals surface area contributed by atoms with Gasteiger partial charge in [0.25, 0.3) is 0 Å².